The molecule has 2 heterocycles. The molecular formula is C7HCl3FN3O. The summed E-state index contributed by atoms with van der Waals surface area (Å²) in [5.74, 6) is -0.927. The molecule has 0 aliphatic heterocycles. The van der Waals surface area contributed by atoms with Crippen LogP contribution >= 0.6 is 34.8 Å². The number of rotatable bonds is 0. The van der Waals surface area contributed by atoms with Crippen molar-refractivity contribution in [2.75, 3.05) is 0 Å². The van der Waals surface area contributed by atoms with Crippen molar-refractivity contribution in [3.8, 4) is 0 Å². The Bertz CT molecular complexity index is 612. The quantitative estimate of drug-likeness (QED) is 0.589. The van der Waals surface area contributed by atoms with Crippen molar-refractivity contribution < 1.29 is 4.39 Å². The lowest BCUT2D eigenvalue weighted by Gasteiger charge is -2.01. The van der Waals surface area contributed by atoms with Crippen molar-refractivity contribution in [1.82, 2.24) is 15.0 Å². The van der Waals surface area contributed by atoms with E-state index in [1.807, 2.05) is 0 Å². The van der Waals surface area contributed by atoms with Crippen LogP contribution in [0.2, 0.25) is 15.6 Å². The van der Waals surface area contributed by atoms with Crippen LogP contribution in [0.25, 0.3) is 10.9 Å². The zero-order valence-corrected chi connectivity index (χ0v) is 9.08. The van der Waals surface area contributed by atoms with Gasteiger partial charge in [0.15, 0.2) is 11.0 Å². The van der Waals surface area contributed by atoms with Crippen LogP contribution in [0.4, 0.5) is 4.39 Å². The van der Waals surface area contributed by atoms with E-state index in [9.17, 15) is 9.18 Å². The van der Waals surface area contributed by atoms with Gasteiger partial charge in [0, 0.05) is 0 Å². The number of nitrogens with one attached hydrogen (secondary N) is 1. The predicted octanol–water partition coefficient (Wildman–Crippen LogP) is 2.42. The first-order chi connectivity index (χ1) is 7.00. The molecule has 0 amide bonds. The summed E-state index contributed by atoms with van der Waals surface area (Å²) >= 11 is 16.5. The molecule has 4 nitrogen and oxygen atoms in total. The lowest BCUT2D eigenvalue weighted by molar-refractivity contribution is 0.631. The highest BCUT2D eigenvalue weighted by Gasteiger charge is 2.16. The van der Waals surface area contributed by atoms with Gasteiger partial charge in [-0.1, -0.05) is 23.2 Å². The second kappa shape index (κ2) is 3.59. The average molecular weight is 268 g/mol. The summed E-state index contributed by atoms with van der Waals surface area (Å²) in [6.45, 7) is 0. The van der Waals surface area contributed by atoms with Gasteiger partial charge in [0.25, 0.3) is 5.56 Å². The van der Waals surface area contributed by atoms with Crippen molar-refractivity contribution in [3.63, 3.8) is 0 Å². The molecule has 0 atom stereocenters. The van der Waals surface area contributed by atoms with Crippen LogP contribution < -0.4 is 5.56 Å². The van der Waals surface area contributed by atoms with E-state index in [1.54, 1.807) is 0 Å². The minimum atomic E-state index is -0.927. The standard InChI is InChI=1S/C7HCl3FN3O/c8-4-1-3(2(11)5(9)13-4)12-7(10)14-6(1)15/h(H,12,14,15). The van der Waals surface area contributed by atoms with Crippen LogP contribution in [0, 0.1) is 5.82 Å². The number of aromatic amines is 1. The smallest absolute Gasteiger partial charge is 0.262 e. The lowest BCUT2D eigenvalue weighted by atomic mass is 10.3. The predicted molar refractivity (Wildman–Crippen MR) is 55.1 cm³/mol. The van der Waals surface area contributed by atoms with E-state index in [0.29, 0.717) is 0 Å². The Morgan fingerprint density at radius 3 is 2.47 bits per heavy atom. The Hall–Kier alpha value is -0.910. The molecule has 2 aromatic heterocycles. The van der Waals surface area contributed by atoms with E-state index in [4.69, 9.17) is 34.8 Å². The van der Waals surface area contributed by atoms with Crippen molar-refractivity contribution in [1.29, 1.82) is 0 Å². The van der Waals surface area contributed by atoms with Gasteiger partial charge in [-0.15, -0.1) is 0 Å². The maximum Gasteiger partial charge on any atom is 0.262 e. The largest absolute Gasteiger partial charge is 0.297 e. The minimum Gasteiger partial charge on any atom is -0.297 e. The highest BCUT2D eigenvalue weighted by atomic mass is 35.5. The van der Waals surface area contributed by atoms with Gasteiger partial charge in [0.05, 0.1) is 0 Å². The molecule has 2 rings (SSSR count). The van der Waals surface area contributed by atoms with Gasteiger partial charge in [-0.2, -0.15) is 0 Å². The Labute approximate surface area is 97.0 Å². The molecule has 0 aromatic carbocycles. The van der Waals surface area contributed by atoms with Gasteiger partial charge >= 0.3 is 0 Å². The molecule has 0 radical (unpaired) electrons. The van der Waals surface area contributed by atoms with E-state index < -0.39 is 16.5 Å². The number of fused-ring (bicyclic) bond motifs is 1. The number of pyridine rings is 1. The van der Waals surface area contributed by atoms with Crippen LogP contribution in [-0.2, 0) is 0 Å². The molecule has 0 spiro atoms. The molecule has 78 valence electrons. The van der Waals surface area contributed by atoms with Crippen LogP contribution in [0.15, 0.2) is 4.79 Å². The van der Waals surface area contributed by atoms with Gasteiger partial charge in [0.1, 0.15) is 16.1 Å². The van der Waals surface area contributed by atoms with Gasteiger partial charge in [0.2, 0.25) is 5.28 Å². The van der Waals surface area contributed by atoms with E-state index in [0.717, 1.165) is 0 Å². The molecule has 8 heteroatoms. The molecule has 0 bridgehead atoms. The van der Waals surface area contributed by atoms with Crippen molar-refractivity contribution in [2.24, 2.45) is 0 Å². The van der Waals surface area contributed by atoms with Gasteiger partial charge in [-0.05, 0) is 11.6 Å². The minimum absolute atomic E-state index is 0.178. The summed E-state index contributed by atoms with van der Waals surface area (Å²) in [6.07, 6.45) is 0. The van der Waals surface area contributed by atoms with Crippen LogP contribution in [0.1, 0.15) is 0 Å². The fraction of sp³-hybridized carbons (Fsp3) is 0. The molecule has 0 aliphatic rings. The summed E-state index contributed by atoms with van der Waals surface area (Å²) in [5, 5.41) is -1.10. The first-order valence-electron chi connectivity index (χ1n) is 3.60. The zero-order chi connectivity index (χ0) is 11.2. The molecular weight excluding hydrogens is 267 g/mol. The van der Waals surface area contributed by atoms with Crippen molar-refractivity contribution >= 4 is 45.7 Å². The molecule has 15 heavy (non-hydrogen) atoms. The van der Waals surface area contributed by atoms with Crippen molar-refractivity contribution in [2.45, 2.75) is 0 Å². The van der Waals surface area contributed by atoms with Gasteiger partial charge < -0.3 is 0 Å². The van der Waals surface area contributed by atoms with Crippen LogP contribution in [-0.4, -0.2) is 15.0 Å². The maximum absolute atomic E-state index is 13.4. The first kappa shape index (κ1) is 10.6. The van der Waals surface area contributed by atoms with E-state index in [1.165, 1.54) is 0 Å². The van der Waals surface area contributed by atoms with Gasteiger partial charge in [-0.25, -0.2) is 14.4 Å². The van der Waals surface area contributed by atoms with E-state index >= 15 is 0 Å². The lowest BCUT2D eigenvalue weighted by Crippen LogP contribution is -2.10. The third-order valence-corrected chi connectivity index (χ3v) is 2.39. The zero-order valence-electron chi connectivity index (χ0n) is 6.81. The fourth-order valence-corrected chi connectivity index (χ4v) is 1.73. The van der Waals surface area contributed by atoms with Crippen LogP contribution in [0.5, 0.6) is 0 Å². The first-order valence-corrected chi connectivity index (χ1v) is 4.74. The van der Waals surface area contributed by atoms with Gasteiger partial charge in [-0.3, -0.25) is 9.78 Å². The number of H-pyrrole nitrogens is 1. The molecule has 2 aromatic rings. The van der Waals surface area contributed by atoms with E-state index in [-0.39, 0.29) is 21.3 Å². The molecule has 0 aliphatic carbocycles. The normalized spacial score (nSPS) is 10.9. The second-order valence-corrected chi connectivity index (χ2v) is 3.66. The Morgan fingerprint density at radius 1 is 1.13 bits per heavy atom. The fourth-order valence-electron chi connectivity index (χ4n) is 1.08. The Kier molecular flexibility index (Phi) is 2.54. The molecule has 0 fully saturated rings. The third kappa shape index (κ3) is 1.67. The summed E-state index contributed by atoms with van der Waals surface area (Å²) in [5.41, 5.74) is -0.966. The third-order valence-electron chi connectivity index (χ3n) is 1.68. The molecule has 0 saturated heterocycles. The number of hydrogen-bond donors (Lipinski definition) is 1. The van der Waals surface area contributed by atoms with E-state index in [2.05, 4.69) is 15.0 Å². The summed E-state index contributed by atoms with van der Waals surface area (Å²) in [6, 6.07) is 0. The van der Waals surface area contributed by atoms with Crippen LogP contribution in [0.3, 0.4) is 0 Å². The SMILES string of the molecule is O=c1[nH]c(Cl)nc2c(F)c(Cl)nc(Cl)c12. The number of hydrogen-bond acceptors (Lipinski definition) is 3. The number of halogens is 4. The highest BCUT2D eigenvalue weighted by molar-refractivity contribution is 6.36. The second-order valence-electron chi connectivity index (χ2n) is 2.59. The summed E-state index contributed by atoms with van der Waals surface area (Å²) in [4.78, 5) is 20.6. The summed E-state index contributed by atoms with van der Waals surface area (Å²) < 4.78 is 13.4. The maximum atomic E-state index is 13.4. The molecule has 0 unspecified atom stereocenters. The highest BCUT2D eigenvalue weighted by Crippen LogP contribution is 2.24. The molecule has 0 saturated carbocycles. The Balaban J connectivity index is 3.10. The summed E-state index contributed by atoms with van der Waals surface area (Å²) in [7, 11) is 0. The number of nitrogens with zero attached hydrogens (tertiary/aromatic N) is 2. The monoisotopic (exact) mass is 267 g/mol. The average Bonchev–Trinajstić information content (AvgIpc) is 2.12. The van der Waals surface area contributed by atoms with Crippen molar-refractivity contribution in [3.05, 3.63) is 31.8 Å². The molecule has 1 N–H and O–H groups in total. The number of aromatic nitrogens is 3. The Morgan fingerprint density at radius 2 is 1.80 bits per heavy atom. The topological polar surface area (TPSA) is 58.6 Å².